The number of hydrogen-bond donors (Lipinski definition) is 2. The number of amides is 3. The number of likely N-dealkylation sites (tertiary alicyclic amines) is 2. The van der Waals surface area contributed by atoms with Gasteiger partial charge in [0, 0.05) is 45.0 Å². The second-order valence-electron chi connectivity index (χ2n) is 6.89. The molecule has 3 amide bonds. The molecule has 7 nitrogen and oxygen atoms in total. The molecule has 130 valence electrons. The third-order valence-corrected chi connectivity index (χ3v) is 4.95. The third kappa shape index (κ3) is 2.79. The van der Waals surface area contributed by atoms with Crippen LogP contribution in [0.15, 0.2) is 12.3 Å². The average molecular weight is 332 g/mol. The number of rotatable bonds is 4. The summed E-state index contributed by atoms with van der Waals surface area (Å²) in [6, 6.07) is 1.84. The van der Waals surface area contributed by atoms with E-state index in [1.165, 1.54) is 0 Å². The molecule has 24 heavy (non-hydrogen) atoms. The monoisotopic (exact) mass is 332 g/mol. The van der Waals surface area contributed by atoms with Crippen LogP contribution < -0.4 is 5.32 Å². The first kappa shape index (κ1) is 16.5. The van der Waals surface area contributed by atoms with E-state index in [1.54, 1.807) is 23.0 Å². The van der Waals surface area contributed by atoms with Gasteiger partial charge in [-0.3, -0.25) is 14.4 Å². The predicted molar refractivity (Wildman–Crippen MR) is 88.5 cm³/mol. The average Bonchev–Trinajstić information content (AvgIpc) is 3.12. The van der Waals surface area contributed by atoms with Gasteiger partial charge in [0.15, 0.2) is 0 Å². The first-order valence-electron chi connectivity index (χ1n) is 8.40. The smallest absolute Gasteiger partial charge is 0.255 e. The number of H-pyrrole nitrogens is 1. The highest BCUT2D eigenvalue weighted by molar-refractivity contribution is 5.96. The van der Waals surface area contributed by atoms with Gasteiger partial charge >= 0.3 is 0 Å². The number of nitrogens with one attached hydrogen (secondary N) is 2. The van der Waals surface area contributed by atoms with Crippen molar-refractivity contribution in [2.45, 2.75) is 32.2 Å². The van der Waals surface area contributed by atoms with E-state index in [-0.39, 0.29) is 42.0 Å². The molecule has 2 aliphatic heterocycles. The fraction of sp³-hybridized carbons (Fsp3) is 0.588. The Labute approximate surface area is 141 Å². The second-order valence-corrected chi connectivity index (χ2v) is 6.89. The fourth-order valence-electron chi connectivity index (χ4n) is 3.50. The Morgan fingerprint density at radius 2 is 2.00 bits per heavy atom. The van der Waals surface area contributed by atoms with Crippen molar-refractivity contribution < 1.29 is 14.4 Å². The Morgan fingerprint density at radius 1 is 1.29 bits per heavy atom. The zero-order valence-corrected chi connectivity index (χ0v) is 14.3. The quantitative estimate of drug-likeness (QED) is 0.845. The maximum atomic E-state index is 12.6. The van der Waals surface area contributed by atoms with Crippen molar-refractivity contribution in [2.24, 2.45) is 5.92 Å². The zero-order valence-electron chi connectivity index (χ0n) is 14.3. The Kier molecular flexibility index (Phi) is 4.34. The summed E-state index contributed by atoms with van der Waals surface area (Å²) >= 11 is 0. The summed E-state index contributed by atoms with van der Waals surface area (Å²) in [4.78, 5) is 43.1. The molecule has 0 radical (unpaired) electrons. The highest BCUT2D eigenvalue weighted by Crippen LogP contribution is 2.27. The lowest BCUT2D eigenvalue weighted by Gasteiger charge is -2.44. The molecule has 0 spiro atoms. The van der Waals surface area contributed by atoms with Gasteiger partial charge in [0.1, 0.15) is 0 Å². The SMILES string of the molecule is CNC(=O)C1CC(=O)N(C2CN(C(=O)c3cc[nH]c3C(C)C)C2)C1. The number of aromatic nitrogens is 1. The Morgan fingerprint density at radius 3 is 2.62 bits per heavy atom. The number of carbonyl (C=O) groups excluding carboxylic acids is 3. The van der Waals surface area contributed by atoms with E-state index in [2.05, 4.69) is 10.3 Å². The minimum atomic E-state index is -0.274. The third-order valence-electron chi connectivity index (χ3n) is 4.95. The van der Waals surface area contributed by atoms with Gasteiger partial charge in [-0.15, -0.1) is 0 Å². The first-order valence-corrected chi connectivity index (χ1v) is 8.40. The minimum Gasteiger partial charge on any atom is -0.364 e. The van der Waals surface area contributed by atoms with Crippen molar-refractivity contribution in [3.05, 3.63) is 23.5 Å². The highest BCUT2D eigenvalue weighted by atomic mass is 16.2. The molecular formula is C17H24N4O3. The van der Waals surface area contributed by atoms with Crippen LogP contribution in [0.4, 0.5) is 0 Å². The predicted octanol–water partition coefficient (Wildman–Crippen LogP) is 0.557. The molecule has 2 saturated heterocycles. The van der Waals surface area contributed by atoms with Gasteiger partial charge < -0.3 is 20.1 Å². The van der Waals surface area contributed by atoms with Crippen LogP contribution in [0, 0.1) is 5.92 Å². The number of nitrogens with zero attached hydrogens (tertiary/aromatic N) is 2. The minimum absolute atomic E-state index is 0.00483. The van der Waals surface area contributed by atoms with E-state index in [9.17, 15) is 14.4 Å². The van der Waals surface area contributed by atoms with E-state index < -0.39 is 0 Å². The van der Waals surface area contributed by atoms with E-state index in [0.29, 0.717) is 25.2 Å². The lowest BCUT2D eigenvalue weighted by Crippen LogP contribution is -2.61. The molecule has 2 fully saturated rings. The molecule has 1 unspecified atom stereocenters. The number of aromatic amines is 1. The lowest BCUT2D eigenvalue weighted by atomic mass is 10.0. The molecule has 7 heteroatoms. The molecule has 0 aromatic carbocycles. The number of carbonyl (C=O) groups is 3. The lowest BCUT2D eigenvalue weighted by molar-refractivity contribution is -0.132. The normalized spacial score (nSPS) is 21.3. The second kappa shape index (κ2) is 6.30. The van der Waals surface area contributed by atoms with Gasteiger partial charge in [-0.25, -0.2) is 0 Å². The fourth-order valence-corrected chi connectivity index (χ4v) is 3.50. The van der Waals surface area contributed by atoms with Gasteiger partial charge in [-0.2, -0.15) is 0 Å². The van der Waals surface area contributed by atoms with Crippen molar-refractivity contribution in [3.63, 3.8) is 0 Å². The van der Waals surface area contributed by atoms with E-state index in [1.807, 2.05) is 19.9 Å². The van der Waals surface area contributed by atoms with Gasteiger partial charge in [-0.1, -0.05) is 13.8 Å². The summed E-state index contributed by atoms with van der Waals surface area (Å²) in [6.07, 6.45) is 2.05. The van der Waals surface area contributed by atoms with Crippen LogP contribution in [0.5, 0.6) is 0 Å². The van der Waals surface area contributed by atoms with Crippen LogP contribution in [-0.2, 0) is 9.59 Å². The van der Waals surface area contributed by atoms with Crippen LogP contribution in [-0.4, -0.2) is 65.2 Å². The molecule has 0 aliphatic carbocycles. The molecule has 1 aromatic rings. The van der Waals surface area contributed by atoms with Crippen LogP contribution in [0.25, 0.3) is 0 Å². The molecule has 1 atom stereocenters. The molecule has 0 saturated carbocycles. The summed E-state index contributed by atoms with van der Waals surface area (Å²) in [5.41, 5.74) is 1.65. The molecule has 1 aromatic heterocycles. The topological polar surface area (TPSA) is 85.5 Å². The van der Waals surface area contributed by atoms with Crippen molar-refractivity contribution >= 4 is 17.7 Å². The van der Waals surface area contributed by atoms with Gasteiger partial charge in [0.05, 0.1) is 17.5 Å². The molecule has 2 aliphatic rings. The summed E-state index contributed by atoms with van der Waals surface area (Å²) in [7, 11) is 1.59. The highest BCUT2D eigenvalue weighted by Gasteiger charge is 2.43. The van der Waals surface area contributed by atoms with Crippen molar-refractivity contribution in [2.75, 3.05) is 26.7 Å². The molecule has 3 rings (SSSR count). The maximum absolute atomic E-state index is 12.6. The van der Waals surface area contributed by atoms with Gasteiger partial charge in [0.2, 0.25) is 11.8 Å². The van der Waals surface area contributed by atoms with E-state index >= 15 is 0 Å². The molecule has 0 bridgehead atoms. The first-order chi connectivity index (χ1) is 11.4. The summed E-state index contributed by atoms with van der Waals surface area (Å²) in [5, 5.41) is 2.60. The Bertz CT molecular complexity index is 661. The van der Waals surface area contributed by atoms with Crippen molar-refractivity contribution in [1.29, 1.82) is 0 Å². The largest absolute Gasteiger partial charge is 0.364 e. The van der Waals surface area contributed by atoms with Gasteiger partial charge in [-0.05, 0) is 12.0 Å². The van der Waals surface area contributed by atoms with Crippen molar-refractivity contribution in [1.82, 2.24) is 20.1 Å². The van der Waals surface area contributed by atoms with Crippen molar-refractivity contribution in [3.8, 4) is 0 Å². The van der Waals surface area contributed by atoms with Gasteiger partial charge in [0.25, 0.3) is 5.91 Å². The summed E-state index contributed by atoms with van der Waals surface area (Å²) < 4.78 is 0. The molecule has 3 heterocycles. The van der Waals surface area contributed by atoms with Crippen LogP contribution in [0.1, 0.15) is 42.2 Å². The zero-order chi connectivity index (χ0) is 17.4. The maximum Gasteiger partial charge on any atom is 0.255 e. The Hall–Kier alpha value is -2.31. The van der Waals surface area contributed by atoms with E-state index in [0.717, 1.165) is 5.69 Å². The number of hydrogen-bond acceptors (Lipinski definition) is 3. The standard InChI is InChI=1S/C17H24N4O3/c1-10(2)15-13(4-5-19-15)17(24)20-8-12(9-20)21-7-11(6-14(21)22)16(23)18-3/h4-5,10-12,19H,6-9H2,1-3H3,(H,18,23). The summed E-state index contributed by atoms with van der Waals surface area (Å²) in [5.74, 6) is -0.100. The van der Waals surface area contributed by atoms with Crippen LogP contribution in [0.3, 0.4) is 0 Å². The van der Waals surface area contributed by atoms with E-state index in [4.69, 9.17) is 0 Å². The molecular weight excluding hydrogens is 308 g/mol. The Balaban J connectivity index is 1.59. The molecule has 2 N–H and O–H groups in total. The summed E-state index contributed by atoms with van der Waals surface area (Å²) in [6.45, 7) is 5.61. The van der Waals surface area contributed by atoms with Crippen LogP contribution in [0.2, 0.25) is 0 Å². The van der Waals surface area contributed by atoms with Crippen LogP contribution >= 0.6 is 0 Å².